The molecule has 2 heteroatoms. The van der Waals surface area contributed by atoms with Crippen molar-refractivity contribution in [2.45, 2.75) is 110 Å². The predicted octanol–water partition coefficient (Wildman–Crippen LogP) is 6.87. The van der Waals surface area contributed by atoms with Gasteiger partial charge in [-0.2, -0.15) is 0 Å². The number of methoxy groups -OCH3 is 1. The zero-order valence-electron chi connectivity index (χ0n) is 19.6. The highest BCUT2D eigenvalue weighted by Crippen LogP contribution is 2.69. The molecule has 5 fully saturated rings. The Morgan fingerprint density at radius 1 is 0.931 bits per heavy atom. The molecule has 1 aliphatic heterocycles. The van der Waals surface area contributed by atoms with Gasteiger partial charge < -0.3 is 9.47 Å². The average molecular weight is 403 g/mol. The van der Waals surface area contributed by atoms with Crippen LogP contribution >= 0.6 is 0 Å². The molecule has 10 atom stereocenters. The minimum Gasteiger partial charge on any atom is -0.384 e. The van der Waals surface area contributed by atoms with E-state index in [-0.39, 0.29) is 0 Å². The third-order valence-electron chi connectivity index (χ3n) is 11.1. The molecule has 0 radical (unpaired) electrons. The minimum atomic E-state index is 0.520. The second-order valence-corrected chi connectivity index (χ2v) is 12.5. The average Bonchev–Trinajstić information content (AvgIpc) is 3.23. The van der Waals surface area contributed by atoms with E-state index in [4.69, 9.17) is 9.47 Å². The molecule has 5 rings (SSSR count). The van der Waals surface area contributed by atoms with Gasteiger partial charge in [0.1, 0.15) is 0 Å². The lowest BCUT2D eigenvalue weighted by Crippen LogP contribution is -2.52. The maximum Gasteiger partial charge on any atom is 0.0616 e. The van der Waals surface area contributed by atoms with Crippen molar-refractivity contribution in [3.05, 3.63) is 0 Å². The molecular formula is C27H46O2. The highest BCUT2D eigenvalue weighted by atomic mass is 16.5. The van der Waals surface area contributed by atoms with E-state index in [1.807, 2.05) is 7.11 Å². The van der Waals surface area contributed by atoms with E-state index >= 15 is 0 Å². The molecule has 0 amide bonds. The van der Waals surface area contributed by atoms with Gasteiger partial charge in [-0.05, 0) is 111 Å². The van der Waals surface area contributed by atoms with Crippen LogP contribution in [0.4, 0.5) is 0 Å². The molecule has 2 nitrogen and oxygen atoms in total. The van der Waals surface area contributed by atoms with Crippen LogP contribution in [0.1, 0.15) is 97.8 Å². The summed E-state index contributed by atoms with van der Waals surface area (Å²) in [6.07, 6.45) is 18.4. The van der Waals surface area contributed by atoms with Crippen LogP contribution in [0.5, 0.6) is 0 Å². The lowest BCUT2D eigenvalue weighted by atomic mass is 9.45. The number of rotatable bonds is 5. The molecule has 9 unspecified atom stereocenters. The van der Waals surface area contributed by atoms with E-state index < -0.39 is 0 Å². The Balaban J connectivity index is 1.26. The van der Waals surface area contributed by atoms with Crippen molar-refractivity contribution in [3.8, 4) is 0 Å². The molecule has 0 aromatic heterocycles. The van der Waals surface area contributed by atoms with E-state index in [2.05, 4.69) is 20.8 Å². The Hall–Kier alpha value is -0.0800. The molecule has 0 aromatic carbocycles. The van der Waals surface area contributed by atoms with Gasteiger partial charge in [-0.25, -0.2) is 0 Å². The maximum atomic E-state index is 6.74. The Morgan fingerprint density at radius 2 is 1.79 bits per heavy atom. The molecule has 5 aliphatic rings. The van der Waals surface area contributed by atoms with E-state index in [0.717, 1.165) is 36.2 Å². The molecule has 4 saturated carbocycles. The molecule has 1 saturated heterocycles. The van der Waals surface area contributed by atoms with Gasteiger partial charge >= 0.3 is 0 Å². The quantitative estimate of drug-likeness (QED) is 0.500. The number of ether oxygens (including phenoxy) is 2. The number of fused-ring (bicyclic) bond motifs is 7. The SMILES string of the molecule is COCC(C)CC[C@@H]1CC2C(CC3C4CCC5CCCCC5(C)C4CCC23C)O1. The zero-order chi connectivity index (χ0) is 20.2. The van der Waals surface area contributed by atoms with Gasteiger partial charge in [0.05, 0.1) is 12.2 Å². The standard InChI is InChI=1S/C27H46O2/c1-18(17-28-4)8-10-20-15-24-25(29-20)16-23-21-11-9-19-7-5-6-13-26(19,2)22(21)12-14-27(23,24)3/h18-25H,5-17H2,1-4H3/t18?,19?,20-,21?,22?,23?,24?,25?,26?,27?/m1/s1. The Bertz CT molecular complexity index is 589. The van der Waals surface area contributed by atoms with E-state index in [9.17, 15) is 0 Å². The topological polar surface area (TPSA) is 18.5 Å². The molecule has 0 N–H and O–H groups in total. The summed E-state index contributed by atoms with van der Waals surface area (Å²) >= 11 is 0. The summed E-state index contributed by atoms with van der Waals surface area (Å²) in [6.45, 7) is 8.61. The monoisotopic (exact) mass is 402 g/mol. The van der Waals surface area contributed by atoms with Crippen LogP contribution in [-0.4, -0.2) is 25.9 Å². The maximum absolute atomic E-state index is 6.74. The largest absolute Gasteiger partial charge is 0.384 e. The highest BCUT2D eigenvalue weighted by molar-refractivity contribution is 5.12. The summed E-state index contributed by atoms with van der Waals surface area (Å²) in [7, 11) is 1.82. The molecule has 0 bridgehead atoms. The molecule has 0 spiro atoms. The molecule has 0 aromatic rings. The van der Waals surface area contributed by atoms with E-state index in [1.165, 1.54) is 77.0 Å². The van der Waals surface area contributed by atoms with E-state index in [1.54, 1.807) is 0 Å². The smallest absolute Gasteiger partial charge is 0.0616 e. The lowest BCUT2D eigenvalue weighted by Gasteiger charge is -2.60. The van der Waals surface area contributed by atoms with Crippen LogP contribution in [0.3, 0.4) is 0 Å². The van der Waals surface area contributed by atoms with Crippen LogP contribution in [0, 0.1) is 46.3 Å². The molecule has 1 heterocycles. The summed E-state index contributed by atoms with van der Waals surface area (Å²) in [5, 5.41) is 0. The first kappa shape index (κ1) is 20.8. The van der Waals surface area contributed by atoms with Gasteiger partial charge in [0, 0.05) is 13.7 Å². The molecule has 4 aliphatic carbocycles. The first-order chi connectivity index (χ1) is 14.0. The van der Waals surface area contributed by atoms with Crippen molar-refractivity contribution in [3.63, 3.8) is 0 Å². The van der Waals surface area contributed by atoms with Crippen molar-refractivity contribution in [1.29, 1.82) is 0 Å². The third-order valence-corrected chi connectivity index (χ3v) is 11.1. The summed E-state index contributed by atoms with van der Waals surface area (Å²) in [5.41, 5.74) is 1.23. The van der Waals surface area contributed by atoms with Gasteiger partial charge in [-0.15, -0.1) is 0 Å². The van der Waals surface area contributed by atoms with Crippen molar-refractivity contribution >= 4 is 0 Å². The summed E-state index contributed by atoms with van der Waals surface area (Å²) < 4.78 is 12.1. The second-order valence-electron chi connectivity index (χ2n) is 12.5. The first-order valence-electron chi connectivity index (χ1n) is 13.1. The lowest BCUT2D eigenvalue weighted by molar-refractivity contribution is -0.111. The summed E-state index contributed by atoms with van der Waals surface area (Å²) in [5.74, 6) is 5.51. The van der Waals surface area contributed by atoms with Crippen LogP contribution < -0.4 is 0 Å². The van der Waals surface area contributed by atoms with Crippen molar-refractivity contribution < 1.29 is 9.47 Å². The van der Waals surface area contributed by atoms with Crippen molar-refractivity contribution in [2.75, 3.05) is 13.7 Å². The number of hydrogen-bond acceptors (Lipinski definition) is 2. The van der Waals surface area contributed by atoms with Crippen LogP contribution in [-0.2, 0) is 9.47 Å². The zero-order valence-corrected chi connectivity index (χ0v) is 19.6. The van der Waals surface area contributed by atoms with E-state index in [0.29, 0.717) is 29.0 Å². The highest BCUT2D eigenvalue weighted by Gasteiger charge is 2.63. The van der Waals surface area contributed by atoms with Gasteiger partial charge in [0.2, 0.25) is 0 Å². The minimum absolute atomic E-state index is 0.520. The number of hydrogen-bond donors (Lipinski definition) is 0. The molecular weight excluding hydrogens is 356 g/mol. The molecule has 29 heavy (non-hydrogen) atoms. The van der Waals surface area contributed by atoms with Crippen molar-refractivity contribution in [1.82, 2.24) is 0 Å². The van der Waals surface area contributed by atoms with Crippen LogP contribution in [0.25, 0.3) is 0 Å². The van der Waals surface area contributed by atoms with Crippen molar-refractivity contribution in [2.24, 2.45) is 46.3 Å². The fourth-order valence-corrected chi connectivity index (χ4v) is 9.57. The fourth-order valence-electron chi connectivity index (χ4n) is 9.57. The Morgan fingerprint density at radius 3 is 2.62 bits per heavy atom. The van der Waals surface area contributed by atoms with Gasteiger partial charge in [-0.3, -0.25) is 0 Å². The van der Waals surface area contributed by atoms with Crippen LogP contribution in [0.15, 0.2) is 0 Å². The Kier molecular flexibility index (Phi) is 5.60. The predicted molar refractivity (Wildman–Crippen MR) is 119 cm³/mol. The van der Waals surface area contributed by atoms with Gasteiger partial charge in [-0.1, -0.05) is 33.6 Å². The van der Waals surface area contributed by atoms with Gasteiger partial charge in [0.25, 0.3) is 0 Å². The first-order valence-corrected chi connectivity index (χ1v) is 13.1. The fraction of sp³-hybridized carbons (Fsp3) is 1.00. The summed E-state index contributed by atoms with van der Waals surface area (Å²) in [6, 6.07) is 0. The molecule has 166 valence electrons. The normalized spacial score (nSPS) is 52.3. The third kappa shape index (κ3) is 3.34. The Labute approximate surface area is 179 Å². The summed E-state index contributed by atoms with van der Waals surface area (Å²) in [4.78, 5) is 0. The second kappa shape index (κ2) is 7.80. The van der Waals surface area contributed by atoms with Gasteiger partial charge in [0.15, 0.2) is 0 Å². The van der Waals surface area contributed by atoms with Crippen LogP contribution in [0.2, 0.25) is 0 Å².